The van der Waals surface area contributed by atoms with Crippen molar-refractivity contribution in [1.29, 1.82) is 0 Å². The summed E-state index contributed by atoms with van der Waals surface area (Å²) in [5, 5.41) is 35.7. The molecule has 0 aliphatic carbocycles. The molecule has 4 N–H and O–H groups in total. The highest BCUT2D eigenvalue weighted by molar-refractivity contribution is 5.80. The van der Waals surface area contributed by atoms with Crippen molar-refractivity contribution >= 4 is 11.9 Å². The Labute approximate surface area is 125 Å². The molecular formula is C12H18N4O6. The van der Waals surface area contributed by atoms with Gasteiger partial charge in [0, 0.05) is 0 Å². The molecule has 10 nitrogen and oxygen atoms in total. The first-order valence-electron chi connectivity index (χ1n) is 5.99. The number of aryl methyl sites for hydroxylation is 2. The molecule has 22 heavy (non-hydrogen) atoms. The van der Waals surface area contributed by atoms with Gasteiger partial charge in [-0.1, -0.05) is 0 Å². The summed E-state index contributed by atoms with van der Waals surface area (Å²) in [6.45, 7) is 0. The third-order valence-corrected chi connectivity index (χ3v) is 2.15. The van der Waals surface area contributed by atoms with Gasteiger partial charge in [-0.3, -0.25) is 9.97 Å². The average Bonchev–Trinajstić information content (AvgIpc) is 3.11. The molecule has 2 aromatic heterocycles. The lowest BCUT2D eigenvalue weighted by Crippen LogP contribution is -2.51. The summed E-state index contributed by atoms with van der Waals surface area (Å²) in [6.07, 6.45) is 6.51. The first-order valence-corrected chi connectivity index (χ1v) is 5.99. The van der Waals surface area contributed by atoms with E-state index in [0.717, 1.165) is 0 Å². The standard InChI is InChI=1S/2C4H6N2.C4H6O6/c2*1-6-3-2-5-4-6;5-1(3(7)8)2(6)4(9)10/h2*2-4H,1H3;1-2,5-6H,(H,7,8)(H,9,10)/t;;1-,2-/m..0/s1. The van der Waals surface area contributed by atoms with Gasteiger partial charge in [0.05, 0.1) is 26.0 Å². The first-order chi connectivity index (χ1) is 10.3. The summed E-state index contributed by atoms with van der Waals surface area (Å²) in [6, 6.07) is 0. The van der Waals surface area contributed by atoms with Crippen LogP contribution in [0.3, 0.4) is 0 Å². The van der Waals surface area contributed by atoms with Crippen molar-refractivity contribution in [2.75, 3.05) is 0 Å². The van der Waals surface area contributed by atoms with E-state index in [1.807, 2.05) is 60.7 Å². The zero-order valence-corrected chi connectivity index (χ0v) is 12.0. The van der Waals surface area contributed by atoms with Gasteiger partial charge in [0.25, 0.3) is 0 Å². The van der Waals surface area contributed by atoms with E-state index in [4.69, 9.17) is 10.2 Å². The number of imidazole rings is 2. The van der Waals surface area contributed by atoms with Gasteiger partial charge >= 0.3 is 0 Å². The predicted molar refractivity (Wildman–Crippen MR) is 66.0 cm³/mol. The zero-order chi connectivity index (χ0) is 17.1. The van der Waals surface area contributed by atoms with E-state index in [1.165, 1.54) is 0 Å². The van der Waals surface area contributed by atoms with Gasteiger partial charge < -0.3 is 30.0 Å². The first kappa shape index (κ1) is 19.3. The Balaban J connectivity index is 0.000000315. The lowest BCUT2D eigenvalue weighted by Gasteiger charge is -2.18. The highest BCUT2D eigenvalue weighted by atomic mass is 16.4. The van der Waals surface area contributed by atoms with E-state index in [1.54, 1.807) is 0 Å². The number of aromatic nitrogens is 4. The zero-order valence-electron chi connectivity index (χ0n) is 12.0. The normalized spacial score (nSPS) is 12.0. The summed E-state index contributed by atoms with van der Waals surface area (Å²) < 4.78 is 3.89. The molecule has 0 bridgehead atoms. The van der Waals surface area contributed by atoms with Gasteiger partial charge in [-0.15, -0.1) is 0 Å². The lowest BCUT2D eigenvalue weighted by molar-refractivity contribution is -0.670. The number of carboxylic acid groups (broad SMARTS) is 2. The second kappa shape index (κ2) is 10.1. The van der Waals surface area contributed by atoms with E-state index < -0.39 is 24.1 Å². The quantitative estimate of drug-likeness (QED) is 0.414. The van der Waals surface area contributed by atoms with E-state index in [0.29, 0.717) is 0 Å². The van der Waals surface area contributed by atoms with Gasteiger partial charge in [0.15, 0.2) is 0 Å². The predicted octanol–water partition coefficient (Wildman–Crippen LogP) is -5.11. The number of carbonyl (C=O) groups excluding carboxylic acids is 2. The van der Waals surface area contributed by atoms with Gasteiger partial charge in [0.2, 0.25) is 12.7 Å². The molecule has 2 atom stereocenters. The third kappa shape index (κ3) is 8.45. The smallest absolute Gasteiger partial charge is 0.241 e. The SMILES string of the molecule is C[n+]1cc[nH]c1.C[n+]1cc[nH]c1.O=C([O-])[C@@H](O)[C@H](O)C(=O)[O-]. The number of aliphatic hydroxyl groups is 2. The Kier molecular flexibility index (Phi) is 8.83. The highest BCUT2D eigenvalue weighted by Gasteiger charge is 2.17. The molecule has 0 radical (unpaired) electrons. The van der Waals surface area contributed by atoms with E-state index in [9.17, 15) is 19.8 Å². The molecule has 10 heteroatoms. The van der Waals surface area contributed by atoms with Crippen LogP contribution < -0.4 is 19.3 Å². The van der Waals surface area contributed by atoms with Crippen LogP contribution >= 0.6 is 0 Å². The molecule has 0 saturated carbocycles. The van der Waals surface area contributed by atoms with Crippen molar-refractivity contribution in [1.82, 2.24) is 9.97 Å². The number of carbonyl (C=O) groups is 2. The number of carboxylic acids is 2. The van der Waals surface area contributed by atoms with Gasteiger partial charge in [-0.25, -0.2) is 9.13 Å². The molecule has 2 heterocycles. The number of aromatic amines is 2. The number of aliphatic hydroxyl groups excluding tert-OH is 2. The fraction of sp³-hybridized carbons (Fsp3) is 0.333. The van der Waals surface area contributed by atoms with Crippen molar-refractivity contribution < 1.29 is 39.1 Å². The Hall–Kier alpha value is -2.72. The van der Waals surface area contributed by atoms with Crippen LogP contribution in [0.15, 0.2) is 37.4 Å². The summed E-state index contributed by atoms with van der Waals surface area (Å²) >= 11 is 0. The molecule has 0 fully saturated rings. The molecule has 0 unspecified atom stereocenters. The minimum Gasteiger partial charge on any atom is -0.547 e. The topological polar surface area (TPSA) is 160 Å². The highest BCUT2D eigenvalue weighted by Crippen LogP contribution is 1.88. The molecule has 0 aliphatic heterocycles. The molecule has 0 aromatic carbocycles. The van der Waals surface area contributed by atoms with Crippen molar-refractivity contribution in [3.8, 4) is 0 Å². The maximum absolute atomic E-state index is 9.63. The van der Waals surface area contributed by atoms with Crippen LogP contribution in [0.25, 0.3) is 0 Å². The summed E-state index contributed by atoms with van der Waals surface area (Å²) in [5.41, 5.74) is 0. The summed E-state index contributed by atoms with van der Waals surface area (Å²) in [4.78, 5) is 25.1. The number of hydrogen-bond donors (Lipinski definition) is 4. The van der Waals surface area contributed by atoms with Crippen LogP contribution in [0, 0.1) is 0 Å². The molecule has 0 spiro atoms. The maximum atomic E-state index is 9.63. The lowest BCUT2D eigenvalue weighted by atomic mass is 10.2. The molecule has 0 saturated heterocycles. The van der Waals surface area contributed by atoms with Gasteiger partial charge in [-0.2, -0.15) is 0 Å². The average molecular weight is 314 g/mol. The summed E-state index contributed by atoms with van der Waals surface area (Å²) in [7, 11) is 3.94. The second-order valence-corrected chi connectivity index (χ2v) is 4.08. The molecule has 0 aliphatic rings. The third-order valence-electron chi connectivity index (χ3n) is 2.15. The fourth-order valence-corrected chi connectivity index (χ4v) is 0.986. The van der Waals surface area contributed by atoms with Crippen molar-refractivity contribution in [3.63, 3.8) is 0 Å². The number of aliphatic carboxylic acids is 2. The number of rotatable bonds is 3. The van der Waals surface area contributed by atoms with Gasteiger partial charge in [0.1, 0.15) is 37.0 Å². The number of H-pyrrole nitrogens is 2. The second-order valence-electron chi connectivity index (χ2n) is 4.08. The Bertz CT molecular complexity index is 490. The molecule has 2 aromatic rings. The van der Waals surface area contributed by atoms with Gasteiger partial charge in [-0.05, 0) is 0 Å². The van der Waals surface area contributed by atoms with Crippen LogP contribution in [0.4, 0.5) is 0 Å². The molecule has 122 valence electrons. The van der Waals surface area contributed by atoms with Crippen LogP contribution in [-0.4, -0.2) is 44.3 Å². The number of nitrogens with zero attached hydrogens (tertiary/aromatic N) is 2. The Morgan fingerprint density at radius 3 is 1.32 bits per heavy atom. The Morgan fingerprint density at radius 1 is 0.909 bits per heavy atom. The fourth-order valence-electron chi connectivity index (χ4n) is 0.986. The van der Waals surface area contributed by atoms with Crippen LogP contribution in [0.5, 0.6) is 0 Å². The molecular weight excluding hydrogens is 296 g/mol. The largest absolute Gasteiger partial charge is 0.547 e. The maximum Gasteiger partial charge on any atom is 0.241 e. The molecule has 2 rings (SSSR count). The minimum atomic E-state index is -2.44. The van der Waals surface area contributed by atoms with Crippen molar-refractivity contribution in [2.45, 2.75) is 12.2 Å². The van der Waals surface area contributed by atoms with E-state index >= 15 is 0 Å². The summed E-state index contributed by atoms with van der Waals surface area (Å²) in [5.74, 6) is -4.12. The van der Waals surface area contributed by atoms with E-state index in [-0.39, 0.29) is 0 Å². The van der Waals surface area contributed by atoms with Crippen LogP contribution in [-0.2, 0) is 23.7 Å². The van der Waals surface area contributed by atoms with Crippen molar-refractivity contribution in [2.24, 2.45) is 14.1 Å². The monoisotopic (exact) mass is 314 g/mol. The van der Waals surface area contributed by atoms with Crippen LogP contribution in [0.1, 0.15) is 0 Å². The number of nitrogens with one attached hydrogen (secondary N) is 2. The number of hydrogen-bond acceptors (Lipinski definition) is 6. The van der Waals surface area contributed by atoms with E-state index in [2.05, 4.69) is 9.97 Å². The van der Waals surface area contributed by atoms with Crippen molar-refractivity contribution in [3.05, 3.63) is 37.4 Å². The minimum absolute atomic E-state index is 1.88. The Morgan fingerprint density at radius 2 is 1.23 bits per heavy atom. The molecule has 0 amide bonds. The van der Waals surface area contributed by atoms with Crippen LogP contribution in [0.2, 0.25) is 0 Å².